The highest BCUT2D eigenvalue weighted by atomic mass is 79.9. The molecule has 1 aromatic rings. The van der Waals surface area contributed by atoms with Gasteiger partial charge in [0.15, 0.2) is 0 Å². The molecule has 28 heavy (non-hydrogen) atoms. The minimum Gasteiger partial charge on any atom is -0.453 e. The van der Waals surface area contributed by atoms with Gasteiger partial charge in [0.1, 0.15) is 0 Å². The van der Waals surface area contributed by atoms with Crippen LogP contribution in [0, 0.1) is 11.8 Å². The van der Waals surface area contributed by atoms with Gasteiger partial charge in [-0.2, -0.15) is 0 Å². The number of amides is 1. The maximum absolute atomic E-state index is 11.6. The molecule has 6 heteroatoms. The third-order valence-electron chi connectivity index (χ3n) is 6.36. The largest absolute Gasteiger partial charge is 0.453 e. The second kappa shape index (κ2) is 10.8. The number of hydrogen-bond acceptors (Lipinski definition) is 3. The van der Waals surface area contributed by atoms with Crippen molar-refractivity contribution < 1.29 is 9.53 Å². The molecule has 2 heterocycles. The van der Waals surface area contributed by atoms with E-state index in [9.17, 15) is 4.79 Å². The number of carbonyl (C=O) groups excluding carboxylic acids is 1. The van der Waals surface area contributed by atoms with Crippen LogP contribution >= 0.6 is 27.5 Å². The minimum absolute atomic E-state index is 0.175. The average molecular weight is 472 g/mol. The van der Waals surface area contributed by atoms with Gasteiger partial charge in [-0.05, 0) is 100 Å². The molecule has 0 aromatic heterocycles. The van der Waals surface area contributed by atoms with E-state index in [-0.39, 0.29) is 6.09 Å². The van der Waals surface area contributed by atoms with Crippen LogP contribution in [0.2, 0.25) is 5.02 Å². The highest BCUT2D eigenvalue weighted by Gasteiger charge is 2.24. The van der Waals surface area contributed by atoms with Crippen LogP contribution in [-0.2, 0) is 11.2 Å². The van der Waals surface area contributed by atoms with E-state index in [1.807, 2.05) is 11.0 Å². The Balaban J connectivity index is 1.31. The fourth-order valence-electron chi connectivity index (χ4n) is 4.56. The van der Waals surface area contributed by atoms with E-state index in [0.29, 0.717) is 0 Å². The number of ether oxygens (including phenoxy) is 1. The van der Waals surface area contributed by atoms with Crippen LogP contribution < -0.4 is 0 Å². The van der Waals surface area contributed by atoms with Crippen molar-refractivity contribution in [3.63, 3.8) is 0 Å². The molecule has 0 N–H and O–H groups in total. The molecule has 2 fully saturated rings. The van der Waals surface area contributed by atoms with Crippen molar-refractivity contribution in [3.8, 4) is 0 Å². The summed E-state index contributed by atoms with van der Waals surface area (Å²) in [4.78, 5) is 16.0. The van der Waals surface area contributed by atoms with Crippen LogP contribution in [0.1, 0.15) is 44.1 Å². The predicted octanol–water partition coefficient (Wildman–Crippen LogP) is 5.62. The van der Waals surface area contributed by atoms with Gasteiger partial charge < -0.3 is 14.5 Å². The molecule has 1 amide bonds. The third-order valence-corrected chi connectivity index (χ3v) is 7.37. The number of methoxy groups -OCH3 is 1. The lowest BCUT2D eigenvalue weighted by molar-refractivity contribution is 0.103. The number of nitrogens with zero attached hydrogens (tertiary/aromatic N) is 2. The van der Waals surface area contributed by atoms with Crippen molar-refractivity contribution in [3.05, 3.63) is 33.3 Å². The number of piperidine rings is 2. The normalized spacial score (nSPS) is 19.8. The Morgan fingerprint density at radius 3 is 2.50 bits per heavy atom. The lowest BCUT2D eigenvalue weighted by Crippen LogP contribution is -2.38. The molecule has 0 saturated carbocycles. The van der Waals surface area contributed by atoms with Gasteiger partial charge in [0.2, 0.25) is 0 Å². The monoisotopic (exact) mass is 470 g/mol. The lowest BCUT2D eigenvalue weighted by Gasteiger charge is -2.33. The summed E-state index contributed by atoms with van der Waals surface area (Å²) in [5.74, 6) is 1.52. The van der Waals surface area contributed by atoms with Gasteiger partial charge >= 0.3 is 6.09 Å². The molecule has 0 spiro atoms. The van der Waals surface area contributed by atoms with Gasteiger partial charge in [-0.1, -0.05) is 27.5 Å². The first-order valence-corrected chi connectivity index (χ1v) is 11.7. The molecule has 2 aliphatic rings. The Bertz CT molecular complexity index is 641. The zero-order valence-corrected chi connectivity index (χ0v) is 19.2. The van der Waals surface area contributed by atoms with Crippen molar-refractivity contribution in [1.29, 1.82) is 0 Å². The highest BCUT2D eigenvalue weighted by molar-refractivity contribution is 9.10. The molecule has 2 aliphatic heterocycles. The number of halogens is 2. The highest BCUT2D eigenvalue weighted by Crippen LogP contribution is 2.28. The number of benzene rings is 1. The van der Waals surface area contributed by atoms with E-state index in [4.69, 9.17) is 16.3 Å². The Labute approximate surface area is 182 Å². The number of carbonyl (C=O) groups is 1. The molecule has 4 nitrogen and oxygen atoms in total. The molecular formula is C22H32BrClN2O2. The van der Waals surface area contributed by atoms with Crippen LogP contribution in [-0.4, -0.2) is 55.7 Å². The van der Waals surface area contributed by atoms with Gasteiger partial charge in [0.05, 0.1) is 7.11 Å². The van der Waals surface area contributed by atoms with E-state index in [1.54, 1.807) is 0 Å². The summed E-state index contributed by atoms with van der Waals surface area (Å²) in [6.07, 6.45) is 8.28. The molecule has 0 unspecified atom stereocenters. The third kappa shape index (κ3) is 6.36. The fourth-order valence-corrected chi connectivity index (χ4v) is 5.16. The van der Waals surface area contributed by atoms with Gasteiger partial charge in [0.25, 0.3) is 0 Å². The summed E-state index contributed by atoms with van der Waals surface area (Å²) in [6.45, 7) is 5.33. The predicted molar refractivity (Wildman–Crippen MR) is 118 cm³/mol. The summed E-state index contributed by atoms with van der Waals surface area (Å²) in [6, 6.07) is 6.10. The van der Waals surface area contributed by atoms with E-state index in [1.165, 1.54) is 62.5 Å². The van der Waals surface area contributed by atoms with E-state index in [2.05, 4.69) is 33.0 Å². The zero-order chi connectivity index (χ0) is 19.9. The van der Waals surface area contributed by atoms with E-state index in [0.717, 1.165) is 49.2 Å². The summed E-state index contributed by atoms with van der Waals surface area (Å²) < 4.78 is 5.99. The van der Waals surface area contributed by atoms with Crippen molar-refractivity contribution in [1.82, 2.24) is 9.80 Å². The SMILES string of the molecule is COC(=O)N1CCC(CCCN2CCC(Cc3cc(Cl)ccc3Br)CC2)CC1. The van der Waals surface area contributed by atoms with E-state index >= 15 is 0 Å². The second-order valence-corrected chi connectivity index (χ2v) is 9.56. The van der Waals surface area contributed by atoms with Crippen molar-refractivity contribution >= 4 is 33.6 Å². The van der Waals surface area contributed by atoms with Gasteiger partial charge in [0, 0.05) is 22.6 Å². The molecule has 156 valence electrons. The molecule has 1 aromatic carbocycles. The molecule has 2 saturated heterocycles. The van der Waals surface area contributed by atoms with Crippen molar-refractivity contribution in [2.45, 2.75) is 44.9 Å². The molecule has 3 rings (SSSR count). The summed E-state index contributed by atoms with van der Waals surface area (Å²) in [5, 5.41) is 0.827. The molecule has 0 atom stereocenters. The second-order valence-electron chi connectivity index (χ2n) is 8.27. The zero-order valence-electron chi connectivity index (χ0n) is 16.8. The van der Waals surface area contributed by atoms with Crippen LogP contribution in [0.3, 0.4) is 0 Å². The number of rotatable bonds is 6. The average Bonchev–Trinajstić information content (AvgIpc) is 2.72. The summed E-state index contributed by atoms with van der Waals surface area (Å²) >= 11 is 9.81. The van der Waals surface area contributed by atoms with Gasteiger partial charge in [-0.15, -0.1) is 0 Å². The van der Waals surface area contributed by atoms with Crippen LogP contribution in [0.5, 0.6) is 0 Å². The van der Waals surface area contributed by atoms with Crippen molar-refractivity contribution in [2.24, 2.45) is 11.8 Å². The maximum Gasteiger partial charge on any atom is 0.409 e. The quantitative estimate of drug-likeness (QED) is 0.540. The standard InChI is InChI=1S/C22H32BrClN2O2/c1-28-22(27)26-13-8-17(9-14-26)3-2-10-25-11-6-18(7-12-25)15-19-16-20(24)4-5-21(19)23/h4-5,16-18H,2-3,6-15H2,1H3. The lowest BCUT2D eigenvalue weighted by atomic mass is 9.89. The van der Waals surface area contributed by atoms with Crippen LogP contribution in [0.25, 0.3) is 0 Å². The topological polar surface area (TPSA) is 32.8 Å². The smallest absolute Gasteiger partial charge is 0.409 e. The van der Waals surface area contributed by atoms with E-state index < -0.39 is 0 Å². The minimum atomic E-state index is -0.175. The first-order valence-electron chi connectivity index (χ1n) is 10.5. The van der Waals surface area contributed by atoms with Crippen LogP contribution in [0.4, 0.5) is 4.79 Å². The van der Waals surface area contributed by atoms with Crippen LogP contribution in [0.15, 0.2) is 22.7 Å². The first-order chi connectivity index (χ1) is 13.5. The Kier molecular flexibility index (Phi) is 8.49. The summed E-state index contributed by atoms with van der Waals surface area (Å²) in [7, 11) is 1.46. The Morgan fingerprint density at radius 1 is 1.14 bits per heavy atom. The molecule has 0 aliphatic carbocycles. The summed E-state index contributed by atoms with van der Waals surface area (Å²) in [5.41, 5.74) is 1.34. The van der Waals surface area contributed by atoms with Gasteiger partial charge in [-0.25, -0.2) is 4.79 Å². The molecule has 0 bridgehead atoms. The fraction of sp³-hybridized carbons (Fsp3) is 0.682. The Morgan fingerprint density at radius 2 is 1.82 bits per heavy atom. The molecule has 0 radical (unpaired) electrons. The van der Waals surface area contributed by atoms with Crippen molar-refractivity contribution in [2.75, 3.05) is 39.8 Å². The number of likely N-dealkylation sites (tertiary alicyclic amines) is 2. The number of hydrogen-bond donors (Lipinski definition) is 0. The first kappa shape index (κ1) is 21.9. The molecular weight excluding hydrogens is 440 g/mol. The van der Waals surface area contributed by atoms with Gasteiger partial charge in [-0.3, -0.25) is 0 Å². The Hall–Kier alpha value is -0.780. The maximum atomic E-state index is 11.6.